The zero-order chi connectivity index (χ0) is 11.8. The number of hydrogen-bond acceptors (Lipinski definition) is 3. The summed E-state index contributed by atoms with van der Waals surface area (Å²) in [5, 5.41) is 5.75. The van der Waals surface area contributed by atoms with Crippen LogP contribution in [0.2, 0.25) is 0 Å². The molecule has 5 nitrogen and oxygen atoms in total. The number of carbonyl (C=O) groups is 1. The molecule has 1 atom stereocenters. The molecule has 1 fully saturated rings. The molecule has 16 heavy (non-hydrogen) atoms. The summed E-state index contributed by atoms with van der Waals surface area (Å²) in [6.45, 7) is 3.22. The second kappa shape index (κ2) is 7.46. The summed E-state index contributed by atoms with van der Waals surface area (Å²) in [6, 6.07) is 0.127. The molecule has 1 aliphatic rings. The monoisotopic (exact) mass is 229 g/mol. The van der Waals surface area contributed by atoms with Crippen molar-refractivity contribution in [1.82, 2.24) is 15.5 Å². The van der Waals surface area contributed by atoms with E-state index in [1.54, 1.807) is 0 Å². The Morgan fingerprint density at radius 1 is 1.44 bits per heavy atom. The van der Waals surface area contributed by atoms with Gasteiger partial charge in [-0.1, -0.05) is 0 Å². The molecular formula is C11H23N3O2. The van der Waals surface area contributed by atoms with Crippen LogP contribution in [0.5, 0.6) is 0 Å². The Morgan fingerprint density at radius 2 is 2.25 bits per heavy atom. The van der Waals surface area contributed by atoms with Crippen LogP contribution in [-0.2, 0) is 4.74 Å². The van der Waals surface area contributed by atoms with E-state index in [1.807, 2.05) is 0 Å². The minimum absolute atomic E-state index is 0.0691. The molecule has 0 saturated carbocycles. The minimum atomic E-state index is -0.0691. The van der Waals surface area contributed by atoms with Crippen LogP contribution in [0.15, 0.2) is 0 Å². The van der Waals surface area contributed by atoms with E-state index in [9.17, 15) is 4.79 Å². The van der Waals surface area contributed by atoms with Gasteiger partial charge in [0, 0.05) is 13.2 Å². The molecule has 0 aliphatic carbocycles. The Balaban J connectivity index is 1.93. The van der Waals surface area contributed by atoms with Crippen LogP contribution in [0.1, 0.15) is 19.3 Å². The van der Waals surface area contributed by atoms with Gasteiger partial charge in [-0.05, 0) is 39.9 Å². The molecule has 1 saturated heterocycles. The second-order valence-electron chi connectivity index (χ2n) is 4.47. The van der Waals surface area contributed by atoms with Crippen molar-refractivity contribution in [3.63, 3.8) is 0 Å². The predicted molar refractivity (Wildman–Crippen MR) is 63.5 cm³/mol. The van der Waals surface area contributed by atoms with Gasteiger partial charge in [-0.25, -0.2) is 4.79 Å². The summed E-state index contributed by atoms with van der Waals surface area (Å²) >= 11 is 0. The Labute approximate surface area is 97.5 Å². The van der Waals surface area contributed by atoms with Crippen LogP contribution >= 0.6 is 0 Å². The van der Waals surface area contributed by atoms with E-state index in [0.29, 0.717) is 6.61 Å². The lowest BCUT2D eigenvalue weighted by Gasteiger charge is -2.12. The standard InChI is InChI=1S/C11H23N3O2/c1-14(2)7-4-3-6-12-11(15)13-10-5-8-16-9-10/h10H,3-9H2,1-2H3,(H2,12,13,15). The van der Waals surface area contributed by atoms with E-state index in [2.05, 4.69) is 29.6 Å². The van der Waals surface area contributed by atoms with Crippen LogP contribution in [0, 0.1) is 0 Å². The number of ether oxygens (including phenoxy) is 1. The lowest BCUT2D eigenvalue weighted by molar-refractivity contribution is 0.188. The second-order valence-corrected chi connectivity index (χ2v) is 4.47. The van der Waals surface area contributed by atoms with E-state index in [-0.39, 0.29) is 12.1 Å². The lowest BCUT2D eigenvalue weighted by Crippen LogP contribution is -2.42. The average Bonchev–Trinajstić information content (AvgIpc) is 2.69. The van der Waals surface area contributed by atoms with Crippen LogP contribution < -0.4 is 10.6 Å². The van der Waals surface area contributed by atoms with Gasteiger partial charge in [0.25, 0.3) is 0 Å². The maximum Gasteiger partial charge on any atom is 0.315 e. The van der Waals surface area contributed by atoms with Crippen molar-refractivity contribution in [3.8, 4) is 0 Å². The summed E-state index contributed by atoms with van der Waals surface area (Å²) in [6.07, 6.45) is 3.06. The molecule has 2 amide bonds. The van der Waals surface area contributed by atoms with Gasteiger partial charge in [0.15, 0.2) is 0 Å². The molecule has 0 aromatic rings. The highest BCUT2D eigenvalue weighted by molar-refractivity contribution is 5.74. The van der Waals surface area contributed by atoms with E-state index >= 15 is 0 Å². The molecule has 0 bridgehead atoms. The smallest absolute Gasteiger partial charge is 0.315 e. The van der Waals surface area contributed by atoms with Crippen molar-refractivity contribution in [2.24, 2.45) is 0 Å². The summed E-state index contributed by atoms with van der Waals surface area (Å²) < 4.78 is 5.18. The Hall–Kier alpha value is -0.810. The topological polar surface area (TPSA) is 53.6 Å². The lowest BCUT2D eigenvalue weighted by atomic mass is 10.3. The Morgan fingerprint density at radius 3 is 2.88 bits per heavy atom. The number of urea groups is 1. The van der Waals surface area contributed by atoms with Crippen LogP contribution in [0.3, 0.4) is 0 Å². The van der Waals surface area contributed by atoms with Crippen molar-refractivity contribution in [2.45, 2.75) is 25.3 Å². The molecule has 2 N–H and O–H groups in total. The normalized spacial score (nSPS) is 20.1. The average molecular weight is 229 g/mol. The van der Waals surface area contributed by atoms with E-state index in [4.69, 9.17) is 4.74 Å². The SMILES string of the molecule is CN(C)CCCCNC(=O)NC1CCOC1. The number of nitrogens with one attached hydrogen (secondary N) is 2. The van der Waals surface area contributed by atoms with Crippen LogP contribution in [-0.4, -0.2) is 57.4 Å². The number of hydrogen-bond donors (Lipinski definition) is 2. The van der Waals surface area contributed by atoms with Gasteiger partial charge in [-0.3, -0.25) is 0 Å². The number of nitrogens with zero attached hydrogens (tertiary/aromatic N) is 1. The Bertz CT molecular complexity index is 203. The van der Waals surface area contributed by atoms with Gasteiger partial charge in [0.1, 0.15) is 0 Å². The van der Waals surface area contributed by atoms with E-state index in [0.717, 1.165) is 39.0 Å². The first-order valence-corrected chi connectivity index (χ1v) is 5.95. The first kappa shape index (κ1) is 13.3. The van der Waals surface area contributed by atoms with Gasteiger partial charge >= 0.3 is 6.03 Å². The van der Waals surface area contributed by atoms with Crippen molar-refractivity contribution < 1.29 is 9.53 Å². The van der Waals surface area contributed by atoms with Crippen molar-refractivity contribution in [2.75, 3.05) is 40.4 Å². The summed E-state index contributed by atoms with van der Waals surface area (Å²) in [7, 11) is 4.11. The van der Waals surface area contributed by atoms with E-state index in [1.165, 1.54) is 0 Å². The first-order valence-electron chi connectivity index (χ1n) is 5.95. The van der Waals surface area contributed by atoms with Crippen molar-refractivity contribution in [3.05, 3.63) is 0 Å². The highest BCUT2D eigenvalue weighted by Gasteiger charge is 2.16. The highest BCUT2D eigenvalue weighted by atomic mass is 16.5. The Kier molecular flexibility index (Phi) is 6.18. The van der Waals surface area contributed by atoms with Gasteiger partial charge in [0.05, 0.1) is 12.6 Å². The van der Waals surface area contributed by atoms with Crippen LogP contribution in [0.25, 0.3) is 0 Å². The third-order valence-electron chi connectivity index (χ3n) is 2.58. The maximum atomic E-state index is 11.4. The quantitative estimate of drug-likeness (QED) is 0.649. The zero-order valence-corrected chi connectivity index (χ0v) is 10.3. The molecule has 0 aromatic carbocycles. The predicted octanol–water partition coefficient (Wildman–Crippen LogP) is 0.416. The fourth-order valence-electron chi connectivity index (χ4n) is 1.64. The third kappa shape index (κ3) is 5.92. The molecule has 0 radical (unpaired) electrons. The van der Waals surface area contributed by atoms with E-state index < -0.39 is 0 Å². The fraction of sp³-hybridized carbons (Fsp3) is 0.909. The summed E-state index contributed by atoms with van der Waals surface area (Å²) in [5.41, 5.74) is 0. The highest BCUT2D eigenvalue weighted by Crippen LogP contribution is 2.02. The molecular weight excluding hydrogens is 206 g/mol. The summed E-state index contributed by atoms with van der Waals surface area (Å²) in [5.74, 6) is 0. The fourth-order valence-corrected chi connectivity index (χ4v) is 1.64. The molecule has 1 heterocycles. The van der Waals surface area contributed by atoms with Crippen molar-refractivity contribution in [1.29, 1.82) is 0 Å². The van der Waals surface area contributed by atoms with Gasteiger partial charge in [-0.2, -0.15) is 0 Å². The largest absolute Gasteiger partial charge is 0.379 e. The minimum Gasteiger partial charge on any atom is -0.379 e. The number of unbranched alkanes of at least 4 members (excludes halogenated alkanes) is 1. The molecule has 1 rings (SSSR count). The molecule has 1 aliphatic heterocycles. The third-order valence-corrected chi connectivity index (χ3v) is 2.58. The number of rotatable bonds is 6. The molecule has 5 heteroatoms. The maximum absolute atomic E-state index is 11.4. The van der Waals surface area contributed by atoms with Gasteiger partial charge < -0.3 is 20.3 Å². The van der Waals surface area contributed by atoms with Gasteiger partial charge in [-0.15, -0.1) is 0 Å². The van der Waals surface area contributed by atoms with Crippen molar-refractivity contribution >= 4 is 6.03 Å². The first-order chi connectivity index (χ1) is 7.68. The molecule has 0 aromatic heterocycles. The number of carbonyl (C=O) groups excluding carboxylic acids is 1. The molecule has 94 valence electrons. The molecule has 0 spiro atoms. The molecule has 1 unspecified atom stereocenters. The van der Waals surface area contributed by atoms with Crippen LogP contribution in [0.4, 0.5) is 4.79 Å². The zero-order valence-electron chi connectivity index (χ0n) is 10.3. The van der Waals surface area contributed by atoms with Gasteiger partial charge in [0.2, 0.25) is 0 Å². The summed E-state index contributed by atoms with van der Waals surface area (Å²) in [4.78, 5) is 13.6. The number of amides is 2.